The summed E-state index contributed by atoms with van der Waals surface area (Å²) in [5, 5.41) is 2.62. The van der Waals surface area contributed by atoms with Crippen LogP contribution in [0.3, 0.4) is 0 Å². The van der Waals surface area contributed by atoms with E-state index in [-0.39, 0.29) is 12.3 Å². The smallest absolute Gasteiger partial charge is 0.464 e. The first-order valence-corrected chi connectivity index (χ1v) is 6.50. The maximum Gasteiger partial charge on any atom is 0.573 e. The van der Waals surface area contributed by atoms with Gasteiger partial charge < -0.3 is 14.8 Å². The Kier molecular flexibility index (Phi) is 5.67. The number of anilines is 1. The van der Waals surface area contributed by atoms with E-state index in [1.54, 1.807) is 6.92 Å². The number of carbonyl (C=O) groups excluding carboxylic acids is 1. The Balaban J connectivity index is 2.91. The van der Waals surface area contributed by atoms with Crippen LogP contribution in [-0.4, -0.2) is 25.0 Å². The highest BCUT2D eigenvalue weighted by Crippen LogP contribution is 2.33. The van der Waals surface area contributed by atoms with E-state index in [1.165, 1.54) is 19.1 Å². The number of esters is 1. The molecule has 0 saturated carbocycles. The van der Waals surface area contributed by atoms with E-state index < -0.39 is 24.1 Å². The average Bonchev–Trinajstić information content (AvgIpc) is 2.30. The highest BCUT2D eigenvalue weighted by atomic mass is 79.9. The van der Waals surface area contributed by atoms with E-state index in [0.717, 1.165) is 6.07 Å². The van der Waals surface area contributed by atoms with Crippen LogP contribution in [-0.2, 0) is 9.53 Å². The molecule has 0 aliphatic rings. The monoisotopic (exact) mass is 355 g/mol. The molecule has 4 nitrogen and oxygen atoms in total. The molecule has 20 heavy (non-hydrogen) atoms. The molecule has 0 spiro atoms. The van der Waals surface area contributed by atoms with Crippen LogP contribution < -0.4 is 10.1 Å². The van der Waals surface area contributed by atoms with E-state index >= 15 is 0 Å². The largest absolute Gasteiger partial charge is 0.573 e. The molecular formula is C12H13BrF3NO3. The number of halogens is 4. The summed E-state index contributed by atoms with van der Waals surface area (Å²) in [7, 11) is 0. The normalized spacial score (nSPS) is 12.7. The average molecular weight is 356 g/mol. The van der Waals surface area contributed by atoms with Crippen LogP contribution in [0.1, 0.15) is 13.8 Å². The van der Waals surface area contributed by atoms with Crippen molar-refractivity contribution in [1.82, 2.24) is 0 Å². The van der Waals surface area contributed by atoms with E-state index in [2.05, 4.69) is 26.0 Å². The van der Waals surface area contributed by atoms with Gasteiger partial charge in [0.15, 0.2) is 5.75 Å². The summed E-state index contributed by atoms with van der Waals surface area (Å²) in [6, 6.07) is 3.27. The summed E-state index contributed by atoms with van der Waals surface area (Å²) >= 11 is 3.06. The molecule has 1 rings (SSSR count). The van der Waals surface area contributed by atoms with Gasteiger partial charge in [0.2, 0.25) is 0 Å². The number of hydrogen-bond acceptors (Lipinski definition) is 4. The SMILES string of the molecule is CCOC(=O)C(C)Nc1ccc(Br)cc1OC(F)(F)F. The van der Waals surface area contributed by atoms with Gasteiger partial charge in [-0.1, -0.05) is 15.9 Å². The minimum Gasteiger partial charge on any atom is -0.464 e. The van der Waals surface area contributed by atoms with Gasteiger partial charge in [0.1, 0.15) is 6.04 Å². The molecule has 1 aromatic carbocycles. The summed E-state index contributed by atoms with van der Waals surface area (Å²) < 4.78 is 46.0. The van der Waals surface area contributed by atoms with Crippen LogP contribution in [0.25, 0.3) is 0 Å². The van der Waals surface area contributed by atoms with Crippen molar-refractivity contribution in [2.45, 2.75) is 26.3 Å². The van der Waals surface area contributed by atoms with Crippen molar-refractivity contribution in [3.8, 4) is 5.75 Å². The van der Waals surface area contributed by atoms with Gasteiger partial charge in [0.05, 0.1) is 12.3 Å². The topological polar surface area (TPSA) is 47.6 Å². The van der Waals surface area contributed by atoms with Gasteiger partial charge in [0.25, 0.3) is 0 Å². The van der Waals surface area contributed by atoms with E-state index in [1.807, 2.05) is 0 Å². The van der Waals surface area contributed by atoms with Gasteiger partial charge in [-0.3, -0.25) is 0 Å². The lowest BCUT2D eigenvalue weighted by atomic mass is 10.2. The maximum absolute atomic E-state index is 12.3. The Hall–Kier alpha value is -1.44. The van der Waals surface area contributed by atoms with Crippen LogP contribution in [0.5, 0.6) is 5.75 Å². The number of nitrogens with one attached hydrogen (secondary N) is 1. The molecule has 0 radical (unpaired) electrons. The van der Waals surface area contributed by atoms with E-state index in [9.17, 15) is 18.0 Å². The molecule has 1 aromatic rings. The second-order valence-corrected chi connectivity index (χ2v) is 4.72. The quantitative estimate of drug-likeness (QED) is 0.818. The molecule has 0 amide bonds. The predicted molar refractivity (Wildman–Crippen MR) is 70.5 cm³/mol. The number of rotatable bonds is 5. The number of benzene rings is 1. The first-order valence-electron chi connectivity index (χ1n) is 5.71. The number of hydrogen-bond donors (Lipinski definition) is 1. The molecule has 0 heterocycles. The van der Waals surface area contributed by atoms with Gasteiger partial charge in [-0.2, -0.15) is 0 Å². The van der Waals surface area contributed by atoms with Crippen molar-refractivity contribution < 1.29 is 27.4 Å². The summed E-state index contributed by atoms with van der Waals surface area (Å²) in [5.41, 5.74) is 0.0473. The molecule has 1 unspecified atom stereocenters. The molecule has 112 valence electrons. The van der Waals surface area contributed by atoms with Crippen LogP contribution in [0, 0.1) is 0 Å². The molecule has 0 aromatic heterocycles. The summed E-state index contributed by atoms with van der Waals surface area (Å²) in [6.07, 6.45) is -4.82. The molecule has 0 saturated heterocycles. The van der Waals surface area contributed by atoms with Gasteiger partial charge in [0, 0.05) is 4.47 Å². The predicted octanol–water partition coefficient (Wildman–Crippen LogP) is 3.71. The molecule has 1 atom stereocenters. The third-order valence-corrected chi connectivity index (χ3v) is 2.67. The van der Waals surface area contributed by atoms with Crippen molar-refractivity contribution in [3.63, 3.8) is 0 Å². The number of carbonyl (C=O) groups is 1. The van der Waals surface area contributed by atoms with Crippen molar-refractivity contribution in [1.29, 1.82) is 0 Å². The standard InChI is InChI=1S/C12H13BrF3NO3/c1-3-19-11(18)7(2)17-9-5-4-8(13)6-10(9)20-12(14,15)16/h4-7,17H,3H2,1-2H3. The first kappa shape index (κ1) is 16.6. The van der Waals surface area contributed by atoms with Crippen molar-refractivity contribution in [2.24, 2.45) is 0 Å². The maximum atomic E-state index is 12.3. The molecule has 8 heteroatoms. The zero-order valence-corrected chi connectivity index (χ0v) is 12.3. The Morgan fingerprint density at radius 3 is 2.65 bits per heavy atom. The third kappa shape index (κ3) is 5.28. The van der Waals surface area contributed by atoms with Crippen LogP contribution in [0.15, 0.2) is 22.7 Å². The molecule has 0 aliphatic carbocycles. The van der Waals surface area contributed by atoms with Gasteiger partial charge in [-0.05, 0) is 32.0 Å². The highest BCUT2D eigenvalue weighted by Gasteiger charge is 2.32. The van der Waals surface area contributed by atoms with E-state index in [4.69, 9.17) is 4.74 Å². The van der Waals surface area contributed by atoms with Crippen LogP contribution >= 0.6 is 15.9 Å². The first-order chi connectivity index (χ1) is 9.23. The lowest BCUT2D eigenvalue weighted by molar-refractivity contribution is -0.274. The number of ether oxygens (including phenoxy) is 2. The van der Waals surface area contributed by atoms with Crippen LogP contribution in [0.4, 0.5) is 18.9 Å². The fraction of sp³-hybridized carbons (Fsp3) is 0.417. The molecule has 0 bridgehead atoms. The minimum atomic E-state index is -4.82. The van der Waals surface area contributed by atoms with E-state index in [0.29, 0.717) is 4.47 Å². The molecule has 0 fully saturated rings. The van der Waals surface area contributed by atoms with Crippen molar-refractivity contribution in [3.05, 3.63) is 22.7 Å². The molecular weight excluding hydrogens is 343 g/mol. The lowest BCUT2D eigenvalue weighted by Gasteiger charge is -2.18. The van der Waals surface area contributed by atoms with Crippen molar-refractivity contribution >= 4 is 27.6 Å². The second kappa shape index (κ2) is 6.83. The van der Waals surface area contributed by atoms with Crippen LogP contribution in [0.2, 0.25) is 0 Å². The molecule has 1 N–H and O–H groups in total. The van der Waals surface area contributed by atoms with Gasteiger partial charge in [-0.15, -0.1) is 13.2 Å². The fourth-order valence-corrected chi connectivity index (χ4v) is 1.72. The molecule has 0 aliphatic heterocycles. The summed E-state index contributed by atoms with van der Waals surface area (Å²) in [6.45, 7) is 3.32. The Morgan fingerprint density at radius 1 is 1.45 bits per heavy atom. The minimum absolute atomic E-state index is 0.0473. The number of alkyl halides is 3. The van der Waals surface area contributed by atoms with Gasteiger partial charge >= 0.3 is 12.3 Å². The Morgan fingerprint density at radius 2 is 2.10 bits per heavy atom. The zero-order chi connectivity index (χ0) is 15.3. The third-order valence-electron chi connectivity index (χ3n) is 2.18. The second-order valence-electron chi connectivity index (χ2n) is 3.81. The zero-order valence-electron chi connectivity index (χ0n) is 10.8. The lowest BCUT2D eigenvalue weighted by Crippen LogP contribution is -2.29. The Labute approximate surface area is 122 Å². The summed E-state index contributed by atoms with van der Waals surface area (Å²) in [4.78, 5) is 11.5. The fourth-order valence-electron chi connectivity index (χ4n) is 1.38. The van der Waals surface area contributed by atoms with Gasteiger partial charge in [-0.25, -0.2) is 4.79 Å². The summed E-state index contributed by atoms with van der Waals surface area (Å²) in [5.74, 6) is -0.989. The Bertz CT molecular complexity index is 480. The van der Waals surface area contributed by atoms with Crippen molar-refractivity contribution in [2.75, 3.05) is 11.9 Å². The highest BCUT2D eigenvalue weighted by molar-refractivity contribution is 9.10.